The first-order chi connectivity index (χ1) is 13.9. The van der Waals surface area contributed by atoms with Gasteiger partial charge in [-0.25, -0.2) is 0 Å². The third kappa shape index (κ3) is 4.51. The number of carbonyl (C=O) groups is 2. The van der Waals surface area contributed by atoms with Gasteiger partial charge in [-0.2, -0.15) is 4.57 Å². The minimum absolute atomic E-state index is 0.0280. The molecule has 0 radical (unpaired) electrons. The van der Waals surface area contributed by atoms with Gasteiger partial charge in [0.2, 0.25) is 12.3 Å². The summed E-state index contributed by atoms with van der Waals surface area (Å²) in [6.45, 7) is 6.87. The third-order valence-corrected chi connectivity index (χ3v) is 5.15. The Hall–Kier alpha value is -3.05. The van der Waals surface area contributed by atoms with Crippen LogP contribution < -0.4 is 4.57 Å². The van der Waals surface area contributed by atoms with Crippen molar-refractivity contribution in [2.45, 2.75) is 33.4 Å². The number of hydrogen-bond donors (Lipinski definition) is 0. The lowest BCUT2D eigenvalue weighted by Crippen LogP contribution is -2.37. The van der Waals surface area contributed by atoms with Crippen LogP contribution in [0.3, 0.4) is 0 Å². The first-order valence-electron chi connectivity index (χ1n) is 9.71. The predicted molar refractivity (Wildman–Crippen MR) is 111 cm³/mol. The molecule has 5 heteroatoms. The molecule has 0 spiro atoms. The van der Waals surface area contributed by atoms with E-state index in [2.05, 4.69) is 11.5 Å². The Labute approximate surface area is 171 Å². The van der Waals surface area contributed by atoms with Gasteiger partial charge in [-0.3, -0.25) is 9.59 Å². The van der Waals surface area contributed by atoms with Gasteiger partial charge in [-0.05, 0) is 26.8 Å². The highest BCUT2D eigenvalue weighted by Crippen LogP contribution is 2.21. The molecule has 150 valence electrons. The minimum atomic E-state index is -0.0280. The fourth-order valence-electron chi connectivity index (χ4n) is 3.77. The number of aryl methyl sites for hydroxylation is 1. The van der Waals surface area contributed by atoms with Gasteiger partial charge in [0.05, 0.1) is 12.6 Å². The molecule has 0 saturated heterocycles. The normalized spacial score (nSPS) is 12.0. The van der Waals surface area contributed by atoms with Crippen molar-refractivity contribution < 1.29 is 18.9 Å². The topological polar surface area (TPSA) is 52.2 Å². The van der Waals surface area contributed by atoms with Gasteiger partial charge in [-0.15, -0.1) is 0 Å². The van der Waals surface area contributed by atoms with E-state index in [1.54, 1.807) is 48.3 Å². The van der Waals surface area contributed by atoms with Gasteiger partial charge in [0.1, 0.15) is 0 Å². The minimum Gasteiger partial charge on any atom is -0.383 e. The van der Waals surface area contributed by atoms with Crippen LogP contribution in [0.1, 0.15) is 50.6 Å². The van der Waals surface area contributed by atoms with Gasteiger partial charge >= 0.3 is 0 Å². The predicted octanol–water partition coefficient (Wildman–Crippen LogP) is 3.71. The van der Waals surface area contributed by atoms with Crippen molar-refractivity contribution in [3.63, 3.8) is 0 Å². The van der Waals surface area contributed by atoms with Crippen molar-refractivity contribution in [2.75, 3.05) is 13.7 Å². The molecule has 3 rings (SSSR count). The van der Waals surface area contributed by atoms with Crippen molar-refractivity contribution >= 4 is 11.6 Å². The third-order valence-electron chi connectivity index (χ3n) is 5.15. The molecule has 0 unspecified atom stereocenters. The second-order valence-electron chi connectivity index (χ2n) is 7.34. The highest BCUT2D eigenvalue weighted by molar-refractivity contribution is 6.08. The van der Waals surface area contributed by atoms with E-state index in [4.69, 9.17) is 4.74 Å². The van der Waals surface area contributed by atoms with E-state index in [9.17, 15) is 9.59 Å². The van der Waals surface area contributed by atoms with Crippen molar-refractivity contribution in [2.24, 2.45) is 0 Å². The lowest BCUT2D eigenvalue weighted by Gasteiger charge is -2.17. The summed E-state index contributed by atoms with van der Waals surface area (Å²) in [5, 5.41) is 0. The van der Waals surface area contributed by atoms with Gasteiger partial charge in [0.25, 0.3) is 0 Å². The van der Waals surface area contributed by atoms with Crippen LogP contribution >= 0.6 is 0 Å². The SMILES string of the molecule is COC[C@H](C)n1c(C)cc(C(=O)C[n+]2ccc(C(=O)c3ccccc3)cc2)c1C. The Morgan fingerprint density at radius 3 is 2.28 bits per heavy atom. The highest BCUT2D eigenvalue weighted by atomic mass is 16.5. The summed E-state index contributed by atoms with van der Waals surface area (Å²) >= 11 is 0. The number of rotatable bonds is 8. The first kappa shape index (κ1) is 20.7. The molecule has 0 N–H and O–H groups in total. The van der Waals surface area contributed by atoms with Gasteiger partial charge in [-0.1, -0.05) is 30.3 Å². The van der Waals surface area contributed by atoms with Crippen LogP contribution in [0.5, 0.6) is 0 Å². The van der Waals surface area contributed by atoms with E-state index in [0.717, 1.165) is 17.0 Å². The Bertz CT molecular complexity index is 1000. The average molecular weight is 391 g/mol. The van der Waals surface area contributed by atoms with E-state index >= 15 is 0 Å². The summed E-state index contributed by atoms with van der Waals surface area (Å²) in [4.78, 5) is 25.4. The molecule has 0 fully saturated rings. The largest absolute Gasteiger partial charge is 0.383 e. The Morgan fingerprint density at radius 1 is 1.03 bits per heavy atom. The van der Waals surface area contributed by atoms with E-state index < -0.39 is 0 Å². The zero-order valence-electron chi connectivity index (χ0n) is 17.4. The fraction of sp³-hybridized carbons (Fsp3) is 0.292. The summed E-state index contributed by atoms with van der Waals surface area (Å²) < 4.78 is 9.20. The maximum Gasteiger partial charge on any atom is 0.229 e. The van der Waals surface area contributed by atoms with E-state index in [1.807, 2.05) is 38.1 Å². The smallest absolute Gasteiger partial charge is 0.229 e. The van der Waals surface area contributed by atoms with Gasteiger partial charge < -0.3 is 9.30 Å². The first-order valence-corrected chi connectivity index (χ1v) is 9.71. The van der Waals surface area contributed by atoms with E-state index in [1.165, 1.54) is 0 Å². The second kappa shape index (κ2) is 8.97. The molecule has 1 atom stereocenters. The zero-order chi connectivity index (χ0) is 21.0. The van der Waals surface area contributed by atoms with Crippen molar-refractivity contribution in [3.8, 4) is 0 Å². The van der Waals surface area contributed by atoms with Crippen LogP contribution in [0.4, 0.5) is 0 Å². The van der Waals surface area contributed by atoms with Crippen LogP contribution in [0, 0.1) is 13.8 Å². The summed E-state index contributed by atoms with van der Waals surface area (Å²) in [7, 11) is 1.68. The molecule has 0 aliphatic rings. The number of hydrogen-bond acceptors (Lipinski definition) is 3. The van der Waals surface area contributed by atoms with Gasteiger partial charge in [0.15, 0.2) is 18.2 Å². The summed E-state index contributed by atoms with van der Waals surface area (Å²) in [6, 6.07) is 14.8. The molecule has 29 heavy (non-hydrogen) atoms. The maximum absolute atomic E-state index is 12.9. The molecule has 0 amide bonds. The van der Waals surface area contributed by atoms with Crippen LogP contribution in [-0.4, -0.2) is 29.9 Å². The quantitative estimate of drug-likeness (QED) is 0.434. The van der Waals surface area contributed by atoms with Crippen LogP contribution in [-0.2, 0) is 11.3 Å². The Morgan fingerprint density at radius 2 is 1.66 bits per heavy atom. The van der Waals surface area contributed by atoms with Crippen molar-refractivity contribution in [1.82, 2.24) is 4.57 Å². The molecule has 0 aliphatic heterocycles. The molecule has 2 heterocycles. The number of methoxy groups -OCH3 is 1. The number of aromatic nitrogens is 2. The molecule has 0 aliphatic carbocycles. The number of nitrogens with zero attached hydrogens (tertiary/aromatic N) is 2. The summed E-state index contributed by atoms with van der Waals surface area (Å²) in [5.41, 5.74) is 3.98. The van der Waals surface area contributed by atoms with E-state index in [0.29, 0.717) is 17.7 Å². The number of benzene rings is 1. The highest BCUT2D eigenvalue weighted by Gasteiger charge is 2.21. The molecule has 2 aromatic heterocycles. The average Bonchev–Trinajstić information content (AvgIpc) is 3.03. The molecular formula is C24H27N2O3+. The standard InChI is InChI=1S/C24H27N2O3/c1-17-14-22(19(3)26(17)18(2)16-29-4)23(27)15-25-12-10-21(11-13-25)24(28)20-8-6-5-7-9-20/h5-14,18H,15-16H2,1-4H3/q+1/t18-/m0/s1. The number of Topliss-reactive ketones (excluding diaryl/α,β-unsaturated/α-hetero) is 1. The van der Waals surface area contributed by atoms with Crippen molar-refractivity contribution in [1.29, 1.82) is 0 Å². The molecular weight excluding hydrogens is 364 g/mol. The molecule has 0 bridgehead atoms. The van der Waals surface area contributed by atoms with Gasteiger partial charge in [0, 0.05) is 47.3 Å². The molecule has 1 aromatic carbocycles. The number of pyridine rings is 1. The number of ether oxygens (including phenoxy) is 1. The number of ketones is 2. The lowest BCUT2D eigenvalue weighted by molar-refractivity contribution is -0.683. The summed E-state index contributed by atoms with van der Waals surface area (Å²) in [6.07, 6.45) is 3.56. The summed E-state index contributed by atoms with van der Waals surface area (Å²) in [5.74, 6) is 0.0147. The fourth-order valence-corrected chi connectivity index (χ4v) is 3.77. The van der Waals surface area contributed by atoms with Crippen LogP contribution in [0.15, 0.2) is 60.9 Å². The Kier molecular flexibility index (Phi) is 6.39. The second-order valence-corrected chi connectivity index (χ2v) is 7.34. The van der Waals surface area contributed by atoms with E-state index in [-0.39, 0.29) is 24.2 Å². The monoisotopic (exact) mass is 391 g/mol. The van der Waals surface area contributed by atoms with Crippen LogP contribution in [0.25, 0.3) is 0 Å². The molecule has 3 aromatic rings. The molecule has 0 saturated carbocycles. The maximum atomic E-state index is 12.9. The van der Waals surface area contributed by atoms with Crippen LogP contribution in [0.2, 0.25) is 0 Å². The molecule has 5 nitrogen and oxygen atoms in total. The van der Waals surface area contributed by atoms with Crippen molar-refractivity contribution in [3.05, 3.63) is 89.0 Å². The zero-order valence-corrected chi connectivity index (χ0v) is 17.4. The number of carbonyl (C=O) groups excluding carboxylic acids is 2. The lowest BCUT2D eigenvalue weighted by atomic mass is 10.0. The Balaban J connectivity index is 1.75.